The molecule has 1 rings (SSSR count). The van der Waals surface area contributed by atoms with Crippen molar-refractivity contribution in [3.8, 4) is 0 Å². The van der Waals surface area contributed by atoms with Crippen LogP contribution in [0.15, 0.2) is 15.9 Å². The van der Waals surface area contributed by atoms with E-state index < -0.39 is 12.1 Å². The molecule has 0 saturated heterocycles. The normalized spacial score (nSPS) is 10.3. The summed E-state index contributed by atoms with van der Waals surface area (Å²) in [5, 5.41) is 1.66. The highest BCUT2D eigenvalue weighted by molar-refractivity contribution is 7.99. The van der Waals surface area contributed by atoms with E-state index in [0.29, 0.717) is 20.5 Å². The van der Waals surface area contributed by atoms with Crippen LogP contribution in [-0.2, 0) is 0 Å². The van der Waals surface area contributed by atoms with Crippen LogP contribution in [0, 0.1) is 0 Å². The fraction of sp³-hybridized carbons (Fsp3) is 0.200. The van der Waals surface area contributed by atoms with Gasteiger partial charge in [0, 0.05) is 4.90 Å². The van der Waals surface area contributed by atoms with E-state index in [1.165, 1.54) is 29.6 Å². The first-order valence-electron chi connectivity index (χ1n) is 5.39. The van der Waals surface area contributed by atoms with Crippen LogP contribution in [0.5, 0.6) is 0 Å². The van der Waals surface area contributed by atoms with Gasteiger partial charge in [0.25, 0.3) is 0 Å². The van der Waals surface area contributed by atoms with Crippen molar-refractivity contribution in [3.63, 3.8) is 0 Å². The lowest BCUT2D eigenvalue weighted by atomic mass is 10.2. The van der Waals surface area contributed by atoms with Gasteiger partial charge in [0.15, 0.2) is 0 Å². The van der Waals surface area contributed by atoms with Gasteiger partial charge in [0.05, 0.1) is 21.3 Å². The monoisotopic (exact) mass is 350 g/mol. The molecule has 4 amide bonds. The number of thioether (sulfide) groups is 2. The SMILES string of the molecule is CSc1cc(Cl)c(N(N)C(N)=O)c(SC)c1N(N)C(N)=O. The Kier molecular flexibility index (Phi) is 5.98. The van der Waals surface area contributed by atoms with Crippen molar-refractivity contribution >= 4 is 58.6 Å². The molecule has 0 radical (unpaired) electrons. The molecule has 0 atom stereocenters. The lowest BCUT2D eigenvalue weighted by molar-refractivity contribution is 0.253. The van der Waals surface area contributed by atoms with Crippen LogP contribution in [0.4, 0.5) is 21.0 Å². The first kappa shape index (κ1) is 17.7. The first-order valence-corrected chi connectivity index (χ1v) is 8.21. The van der Waals surface area contributed by atoms with Crippen LogP contribution < -0.4 is 33.2 Å². The summed E-state index contributed by atoms with van der Waals surface area (Å²) < 4.78 is 0. The van der Waals surface area contributed by atoms with Crippen molar-refractivity contribution in [1.29, 1.82) is 0 Å². The quantitative estimate of drug-likeness (QED) is 0.279. The molecule has 0 fully saturated rings. The highest BCUT2D eigenvalue weighted by Gasteiger charge is 2.26. The molecule has 1 aromatic carbocycles. The summed E-state index contributed by atoms with van der Waals surface area (Å²) in [4.78, 5) is 23.7. The molecule has 0 unspecified atom stereocenters. The van der Waals surface area contributed by atoms with Gasteiger partial charge in [-0.05, 0) is 18.6 Å². The molecule has 0 aromatic heterocycles. The molecule has 0 saturated carbocycles. The Labute approximate surface area is 135 Å². The largest absolute Gasteiger partial charge is 0.350 e. The fourth-order valence-electron chi connectivity index (χ4n) is 1.61. The van der Waals surface area contributed by atoms with Gasteiger partial charge >= 0.3 is 12.1 Å². The number of urea groups is 2. The number of halogens is 1. The molecular weight excluding hydrogens is 336 g/mol. The van der Waals surface area contributed by atoms with Gasteiger partial charge in [0.2, 0.25) is 0 Å². The van der Waals surface area contributed by atoms with Crippen LogP contribution in [0.2, 0.25) is 5.02 Å². The van der Waals surface area contributed by atoms with Crippen molar-refractivity contribution in [2.24, 2.45) is 23.2 Å². The number of rotatable bonds is 4. The number of hydrogen-bond donors (Lipinski definition) is 4. The minimum Gasteiger partial charge on any atom is -0.350 e. The first-order chi connectivity index (χ1) is 9.76. The maximum absolute atomic E-state index is 11.4. The summed E-state index contributed by atoms with van der Waals surface area (Å²) in [5.74, 6) is 11.3. The van der Waals surface area contributed by atoms with E-state index in [4.69, 9.17) is 34.8 Å². The molecule has 0 aliphatic heterocycles. The predicted molar refractivity (Wildman–Crippen MR) is 87.5 cm³/mol. The highest BCUT2D eigenvalue weighted by atomic mass is 35.5. The average molecular weight is 351 g/mol. The Morgan fingerprint density at radius 1 is 1.05 bits per heavy atom. The molecule has 116 valence electrons. The second-order valence-corrected chi connectivity index (χ2v) is 5.78. The maximum atomic E-state index is 11.4. The molecule has 8 nitrogen and oxygen atoms in total. The summed E-state index contributed by atoms with van der Waals surface area (Å²) >= 11 is 8.67. The van der Waals surface area contributed by atoms with Gasteiger partial charge in [0.1, 0.15) is 0 Å². The summed E-state index contributed by atoms with van der Waals surface area (Å²) in [6, 6.07) is -0.239. The number of primary amides is 2. The van der Waals surface area contributed by atoms with Crippen molar-refractivity contribution in [3.05, 3.63) is 11.1 Å². The smallest absolute Gasteiger partial charge is 0.333 e. The number of anilines is 2. The molecular formula is C10H15ClN6O2S2. The van der Waals surface area contributed by atoms with Crippen molar-refractivity contribution in [1.82, 2.24) is 0 Å². The molecule has 8 N–H and O–H groups in total. The zero-order chi connectivity index (χ0) is 16.3. The Morgan fingerprint density at radius 3 is 1.90 bits per heavy atom. The van der Waals surface area contributed by atoms with Crippen LogP contribution in [0.1, 0.15) is 0 Å². The number of carbonyl (C=O) groups is 2. The fourth-order valence-corrected chi connectivity index (χ4v) is 3.52. The zero-order valence-corrected chi connectivity index (χ0v) is 13.7. The Bertz CT molecular complexity index is 585. The number of hydrazine groups is 2. The third-order valence-electron chi connectivity index (χ3n) is 2.53. The topological polar surface area (TPSA) is 145 Å². The van der Waals surface area contributed by atoms with E-state index in [1.807, 2.05) is 0 Å². The summed E-state index contributed by atoms with van der Waals surface area (Å²) in [6.45, 7) is 0. The third kappa shape index (κ3) is 3.47. The van der Waals surface area contributed by atoms with Gasteiger partial charge in [-0.1, -0.05) is 11.6 Å². The molecule has 1 aromatic rings. The molecule has 0 aliphatic carbocycles. The zero-order valence-electron chi connectivity index (χ0n) is 11.3. The lowest BCUT2D eigenvalue weighted by Gasteiger charge is -2.26. The Hall–Kier alpha value is -1.33. The van der Waals surface area contributed by atoms with Crippen LogP contribution in [0.3, 0.4) is 0 Å². The van der Waals surface area contributed by atoms with E-state index in [2.05, 4.69) is 0 Å². The van der Waals surface area contributed by atoms with E-state index >= 15 is 0 Å². The molecule has 0 spiro atoms. The number of nitrogens with zero attached hydrogens (tertiary/aromatic N) is 2. The number of hydrogen-bond acceptors (Lipinski definition) is 6. The van der Waals surface area contributed by atoms with Gasteiger partial charge in [-0.3, -0.25) is 0 Å². The average Bonchev–Trinajstić information content (AvgIpc) is 2.43. The lowest BCUT2D eigenvalue weighted by Crippen LogP contribution is -2.44. The minimum atomic E-state index is -0.905. The van der Waals surface area contributed by atoms with Crippen molar-refractivity contribution in [2.75, 3.05) is 22.5 Å². The third-order valence-corrected chi connectivity index (χ3v) is 4.36. The summed E-state index contributed by atoms with van der Waals surface area (Å²) in [7, 11) is 0. The van der Waals surface area contributed by atoms with Crippen molar-refractivity contribution in [2.45, 2.75) is 9.79 Å². The van der Waals surface area contributed by atoms with Crippen LogP contribution in [-0.4, -0.2) is 24.6 Å². The second-order valence-electron chi connectivity index (χ2n) is 3.71. The highest BCUT2D eigenvalue weighted by Crippen LogP contribution is 2.46. The predicted octanol–water partition coefficient (Wildman–Crippen LogP) is 1.30. The van der Waals surface area contributed by atoms with Gasteiger partial charge < -0.3 is 11.5 Å². The molecule has 0 bridgehead atoms. The standard InChI is InChI=1S/C10H15ClN6O2S2/c1-20-5-3-4(11)6(16(14)9(12)18)8(21-2)7(5)17(15)10(13)19/h3H,14-15H2,1-2H3,(H2,12,18)(H2,13,19). The number of benzene rings is 1. The van der Waals surface area contributed by atoms with E-state index in [1.54, 1.807) is 12.5 Å². The number of nitrogens with two attached hydrogens (primary N) is 4. The Morgan fingerprint density at radius 2 is 1.52 bits per heavy atom. The van der Waals surface area contributed by atoms with E-state index in [9.17, 15) is 9.59 Å². The minimum absolute atomic E-state index is 0.154. The van der Waals surface area contributed by atoms with Crippen LogP contribution in [0.25, 0.3) is 0 Å². The Balaban J connectivity index is 3.72. The van der Waals surface area contributed by atoms with Crippen LogP contribution >= 0.6 is 35.1 Å². The van der Waals surface area contributed by atoms with Gasteiger partial charge in [-0.25, -0.2) is 31.3 Å². The molecule has 11 heteroatoms. The van der Waals surface area contributed by atoms with E-state index in [0.717, 1.165) is 5.01 Å². The summed E-state index contributed by atoms with van der Waals surface area (Å²) in [5.41, 5.74) is 10.8. The molecule has 0 aliphatic rings. The maximum Gasteiger partial charge on any atom is 0.333 e. The molecule has 0 heterocycles. The second kappa shape index (κ2) is 7.09. The van der Waals surface area contributed by atoms with Gasteiger partial charge in [-0.2, -0.15) is 0 Å². The van der Waals surface area contributed by atoms with Crippen molar-refractivity contribution < 1.29 is 9.59 Å². The molecule has 21 heavy (non-hydrogen) atoms. The number of carbonyl (C=O) groups excluding carboxylic acids is 2. The summed E-state index contributed by atoms with van der Waals surface area (Å²) in [6.07, 6.45) is 3.49. The number of amides is 4. The van der Waals surface area contributed by atoms with E-state index in [-0.39, 0.29) is 10.7 Å². The van der Waals surface area contributed by atoms with Gasteiger partial charge in [-0.15, -0.1) is 23.5 Å².